The molecule has 0 atom stereocenters. The van der Waals surface area contributed by atoms with Crippen molar-refractivity contribution in [2.75, 3.05) is 25.0 Å². The summed E-state index contributed by atoms with van der Waals surface area (Å²) in [7, 11) is 0. The van der Waals surface area contributed by atoms with Gasteiger partial charge in [0.05, 0.1) is 12.3 Å². The number of benzene rings is 2. The molecule has 0 fully saturated rings. The lowest BCUT2D eigenvalue weighted by molar-refractivity contribution is 0.310. The van der Waals surface area contributed by atoms with Crippen LogP contribution in [-0.2, 0) is 6.54 Å². The third-order valence-electron chi connectivity index (χ3n) is 3.43. The van der Waals surface area contributed by atoms with Gasteiger partial charge < -0.3 is 15.4 Å². The fourth-order valence-electron chi connectivity index (χ4n) is 2.18. The van der Waals surface area contributed by atoms with Gasteiger partial charge in [0, 0.05) is 19.6 Å². The van der Waals surface area contributed by atoms with E-state index in [2.05, 4.69) is 47.9 Å². The molecule has 118 valence electrons. The van der Waals surface area contributed by atoms with Crippen molar-refractivity contribution in [2.45, 2.75) is 26.3 Å². The SMILES string of the molecule is CCCCOc1ccccc1NCCNCc1ccccc1. The second-order valence-electron chi connectivity index (χ2n) is 5.29. The van der Waals surface area contributed by atoms with E-state index in [0.717, 1.165) is 50.5 Å². The average Bonchev–Trinajstić information content (AvgIpc) is 2.57. The van der Waals surface area contributed by atoms with Gasteiger partial charge in [0.25, 0.3) is 0 Å². The number of hydrogen-bond donors (Lipinski definition) is 2. The summed E-state index contributed by atoms with van der Waals surface area (Å²) < 4.78 is 5.82. The van der Waals surface area contributed by atoms with Gasteiger partial charge >= 0.3 is 0 Å². The monoisotopic (exact) mass is 298 g/mol. The Balaban J connectivity index is 1.70. The summed E-state index contributed by atoms with van der Waals surface area (Å²) in [5.74, 6) is 0.944. The standard InChI is InChI=1S/C19H26N2O/c1-2-3-15-22-19-12-8-7-11-18(19)21-14-13-20-16-17-9-5-4-6-10-17/h4-12,20-21H,2-3,13-16H2,1H3. The van der Waals surface area contributed by atoms with E-state index in [9.17, 15) is 0 Å². The Morgan fingerprint density at radius 2 is 1.68 bits per heavy atom. The minimum absolute atomic E-state index is 0.779. The first-order chi connectivity index (χ1) is 10.9. The number of para-hydroxylation sites is 2. The Kier molecular flexibility index (Phi) is 7.33. The van der Waals surface area contributed by atoms with E-state index in [0.29, 0.717) is 0 Å². The molecule has 2 rings (SSSR count). The minimum atomic E-state index is 0.779. The van der Waals surface area contributed by atoms with Crippen LogP contribution in [0.15, 0.2) is 54.6 Å². The van der Waals surface area contributed by atoms with Crippen LogP contribution in [0.1, 0.15) is 25.3 Å². The molecule has 22 heavy (non-hydrogen) atoms. The largest absolute Gasteiger partial charge is 0.491 e. The lowest BCUT2D eigenvalue weighted by atomic mass is 10.2. The highest BCUT2D eigenvalue weighted by atomic mass is 16.5. The zero-order chi connectivity index (χ0) is 15.5. The summed E-state index contributed by atoms with van der Waals surface area (Å²) in [5.41, 5.74) is 2.38. The molecule has 2 N–H and O–H groups in total. The zero-order valence-electron chi connectivity index (χ0n) is 13.3. The van der Waals surface area contributed by atoms with Crippen LogP contribution in [0.4, 0.5) is 5.69 Å². The Morgan fingerprint density at radius 1 is 0.909 bits per heavy atom. The maximum absolute atomic E-state index is 5.82. The maximum Gasteiger partial charge on any atom is 0.142 e. The lowest BCUT2D eigenvalue weighted by Crippen LogP contribution is -2.22. The summed E-state index contributed by atoms with van der Waals surface area (Å²) in [6.07, 6.45) is 2.24. The minimum Gasteiger partial charge on any atom is -0.491 e. The molecule has 0 saturated carbocycles. The van der Waals surface area contributed by atoms with Crippen molar-refractivity contribution < 1.29 is 4.74 Å². The van der Waals surface area contributed by atoms with Crippen molar-refractivity contribution in [3.8, 4) is 5.75 Å². The van der Waals surface area contributed by atoms with Crippen molar-refractivity contribution in [1.29, 1.82) is 0 Å². The van der Waals surface area contributed by atoms with E-state index >= 15 is 0 Å². The van der Waals surface area contributed by atoms with Crippen LogP contribution in [0.2, 0.25) is 0 Å². The van der Waals surface area contributed by atoms with Gasteiger partial charge in [-0.1, -0.05) is 55.8 Å². The van der Waals surface area contributed by atoms with Gasteiger partial charge in [0.1, 0.15) is 5.75 Å². The molecule has 2 aromatic carbocycles. The molecule has 3 heteroatoms. The van der Waals surface area contributed by atoms with Crippen LogP contribution in [0.25, 0.3) is 0 Å². The number of ether oxygens (including phenoxy) is 1. The fraction of sp³-hybridized carbons (Fsp3) is 0.368. The quantitative estimate of drug-likeness (QED) is 0.649. The predicted octanol–water partition coefficient (Wildman–Crippen LogP) is 4.07. The van der Waals surface area contributed by atoms with E-state index in [-0.39, 0.29) is 0 Å². The van der Waals surface area contributed by atoms with E-state index in [4.69, 9.17) is 4.74 Å². The Morgan fingerprint density at radius 3 is 2.50 bits per heavy atom. The lowest BCUT2D eigenvalue weighted by Gasteiger charge is -2.13. The molecule has 0 saturated heterocycles. The third kappa shape index (κ3) is 5.78. The second kappa shape index (κ2) is 9.85. The number of rotatable bonds is 10. The molecular formula is C19H26N2O. The molecule has 3 nitrogen and oxygen atoms in total. The predicted molar refractivity (Wildman–Crippen MR) is 93.5 cm³/mol. The highest BCUT2D eigenvalue weighted by Gasteiger charge is 2.01. The molecule has 0 heterocycles. The molecule has 2 aromatic rings. The number of unbranched alkanes of at least 4 members (excludes halogenated alkanes) is 1. The number of anilines is 1. The second-order valence-corrected chi connectivity index (χ2v) is 5.29. The first-order valence-corrected chi connectivity index (χ1v) is 8.10. The van der Waals surface area contributed by atoms with Crippen molar-refractivity contribution in [3.63, 3.8) is 0 Å². The van der Waals surface area contributed by atoms with Crippen LogP contribution >= 0.6 is 0 Å². The summed E-state index contributed by atoms with van der Waals surface area (Å²) >= 11 is 0. The van der Waals surface area contributed by atoms with Crippen LogP contribution < -0.4 is 15.4 Å². The van der Waals surface area contributed by atoms with Crippen molar-refractivity contribution in [2.24, 2.45) is 0 Å². The summed E-state index contributed by atoms with van der Waals surface area (Å²) in [5, 5.41) is 6.88. The average molecular weight is 298 g/mol. The summed E-state index contributed by atoms with van der Waals surface area (Å²) in [6.45, 7) is 5.64. The van der Waals surface area contributed by atoms with Crippen molar-refractivity contribution in [3.05, 3.63) is 60.2 Å². The molecule has 0 aromatic heterocycles. The van der Waals surface area contributed by atoms with E-state index in [1.807, 2.05) is 24.3 Å². The molecular weight excluding hydrogens is 272 g/mol. The smallest absolute Gasteiger partial charge is 0.142 e. The van der Waals surface area contributed by atoms with E-state index in [1.54, 1.807) is 0 Å². The molecule has 0 radical (unpaired) electrons. The summed E-state index contributed by atoms with van der Waals surface area (Å²) in [4.78, 5) is 0. The van der Waals surface area contributed by atoms with Crippen molar-refractivity contribution >= 4 is 5.69 Å². The Labute approximate surface area is 133 Å². The highest BCUT2D eigenvalue weighted by Crippen LogP contribution is 2.23. The maximum atomic E-state index is 5.82. The van der Waals surface area contributed by atoms with Gasteiger partial charge in [-0.3, -0.25) is 0 Å². The zero-order valence-corrected chi connectivity index (χ0v) is 13.3. The van der Waals surface area contributed by atoms with Crippen LogP contribution in [0.3, 0.4) is 0 Å². The van der Waals surface area contributed by atoms with Crippen LogP contribution in [0.5, 0.6) is 5.75 Å². The fourth-order valence-corrected chi connectivity index (χ4v) is 2.18. The highest BCUT2D eigenvalue weighted by molar-refractivity contribution is 5.56. The van der Waals surface area contributed by atoms with Gasteiger partial charge in [-0.15, -0.1) is 0 Å². The van der Waals surface area contributed by atoms with Gasteiger partial charge in [-0.25, -0.2) is 0 Å². The topological polar surface area (TPSA) is 33.3 Å². The van der Waals surface area contributed by atoms with Gasteiger partial charge in [0.2, 0.25) is 0 Å². The summed E-state index contributed by atoms with van der Waals surface area (Å²) in [6, 6.07) is 18.6. The molecule has 0 aliphatic rings. The van der Waals surface area contributed by atoms with Crippen LogP contribution in [-0.4, -0.2) is 19.7 Å². The normalized spacial score (nSPS) is 10.4. The molecule has 0 bridgehead atoms. The van der Waals surface area contributed by atoms with Gasteiger partial charge in [0.15, 0.2) is 0 Å². The molecule has 0 spiro atoms. The number of hydrogen-bond acceptors (Lipinski definition) is 3. The first kappa shape index (κ1) is 16.4. The Bertz CT molecular complexity index is 528. The van der Waals surface area contributed by atoms with Crippen LogP contribution in [0, 0.1) is 0 Å². The molecule has 0 amide bonds. The molecule has 0 aliphatic carbocycles. The first-order valence-electron chi connectivity index (χ1n) is 8.10. The van der Waals surface area contributed by atoms with Crippen molar-refractivity contribution in [1.82, 2.24) is 5.32 Å². The van der Waals surface area contributed by atoms with Gasteiger partial charge in [-0.05, 0) is 24.1 Å². The molecule has 0 unspecified atom stereocenters. The van der Waals surface area contributed by atoms with Gasteiger partial charge in [-0.2, -0.15) is 0 Å². The number of nitrogens with one attached hydrogen (secondary N) is 2. The Hall–Kier alpha value is -2.00. The third-order valence-corrected chi connectivity index (χ3v) is 3.43. The van der Waals surface area contributed by atoms with E-state index < -0.39 is 0 Å². The van der Waals surface area contributed by atoms with E-state index in [1.165, 1.54) is 5.56 Å². The molecule has 0 aliphatic heterocycles.